The molecular weight excluding hydrogens is 320 g/mol. The number of rotatable bonds is 4. The van der Waals surface area contributed by atoms with Crippen LogP contribution < -0.4 is 5.32 Å². The summed E-state index contributed by atoms with van der Waals surface area (Å²) in [6.07, 6.45) is 2.07. The minimum atomic E-state index is 0.737. The molecule has 0 spiro atoms. The summed E-state index contributed by atoms with van der Waals surface area (Å²) in [7, 11) is 0. The number of hydrogen-bond acceptors (Lipinski definition) is 4. The lowest BCUT2D eigenvalue weighted by Crippen LogP contribution is -1.89. The lowest BCUT2D eigenvalue weighted by Gasteiger charge is -2.03. The lowest BCUT2D eigenvalue weighted by molar-refractivity contribution is 1.37. The molecule has 3 aromatic rings. The first kappa shape index (κ1) is 14.4. The molecule has 0 bridgehead atoms. The van der Waals surface area contributed by atoms with Gasteiger partial charge in [0.2, 0.25) is 0 Å². The van der Waals surface area contributed by atoms with Gasteiger partial charge in [-0.25, -0.2) is 4.98 Å². The molecule has 0 atom stereocenters. The van der Waals surface area contributed by atoms with Gasteiger partial charge in [-0.15, -0.1) is 23.1 Å². The van der Waals surface area contributed by atoms with Crippen molar-refractivity contribution in [2.45, 2.75) is 4.90 Å². The Hall–Kier alpha value is -1.49. The van der Waals surface area contributed by atoms with Crippen LogP contribution in [0.5, 0.6) is 0 Å². The Morgan fingerprint density at radius 1 is 1.05 bits per heavy atom. The van der Waals surface area contributed by atoms with Crippen LogP contribution in [0.3, 0.4) is 0 Å². The number of anilines is 2. The molecule has 2 aromatic carbocycles. The van der Waals surface area contributed by atoms with Crippen LogP contribution in [0.1, 0.15) is 0 Å². The summed E-state index contributed by atoms with van der Waals surface area (Å²) in [5, 5.41) is 7.00. The van der Waals surface area contributed by atoms with Crippen molar-refractivity contribution in [3.63, 3.8) is 0 Å². The number of aromatic nitrogens is 1. The van der Waals surface area contributed by atoms with Gasteiger partial charge in [0.15, 0.2) is 5.13 Å². The van der Waals surface area contributed by atoms with Gasteiger partial charge in [0.25, 0.3) is 0 Å². The van der Waals surface area contributed by atoms with Gasteiger partial charge in [-0.1, -0.05) is 23.7 Å². The Labute approximate surface area is 137 Å². The van der Waals surface area contributed by atoms with Gasteiger partial charge in [-0.3, -0.25) is 0 Å². The van der Waals surface area contributed by atoms with Gasteiger partial charge in [-0.2, -0.15) is 0 Å². The minimum absolute atomic E-state index is 0.737. The van der Waals surface area contributed by atoms with E-state index < -0.39 is 0 Å². The molecule has 21 heavy (non-hydrogen) atoms. The lowest BCUT2D eigenvalue weighted by atomic mass is 10.2. The highest BCUT2D eigenvalue weighted by molar-refractivity contribution is 7.98. The fraction of sp³-hybridized carbons (Fsp3) is 0.0625. The van der Waals surface area contributed by atoms with Crippen LogP contribution >= 0.6 is 34.7 Å². The van der Waals surface area contributed by atoms with E-state index in [0.717, 1.165) is 27.1 Å². The van der Waals surface area contributed by atoms with Crippen LogP contribution in [0.2, 0.25) is 5.02 Å². The smallest absolute Gasteiger partial charge is 0.187 e. The third kappa shape index (κ3) is 3.59. The molecular formula is C16H13ClN2S2. The molecule has 5 heteroatoms. The number of hydrogen-bond donors (Lipinski definition) is 1. The molecule has 1 heterocycles. The third-order valence-corrected chi connectivity index (χ3v) is 4.74. The molecule has 0 aliphatic rings. The SMILES string of the molecule is CSc1ccc(Nc2nc(-c3ccc(Cl)cc3)cs2)cc1. The maximum atomic E-state index is 5.90. The van der Waals surface area contributed by atoms with Crippen LogP contribution in [0.4, 0.5) is 10.8 Å². The summed E-state index contributed by atoms with van der Waals surface area (Å²) in [6, 6.07) is 16.0. The van der Waals surface area contributed by atoms with Crippen LogP contribution in [-0.4, -0.2) is 11.2 Å². The summed E-state index contributed by atoms with van der Waals surface area (Å²) in [4.78, 5) is 5.86. The van der Waals surface area contributed by atoms with Crippen LogP contribution in [0, 0.1) is 0 Å². The standard InChI is InChI=1S/C16H13ClN2S2/c1-20-14-8-6-13(7-9-14)18-16-19-15(10-21-16)11-2-4-12(17)5-3-11/h2-10H,1H3,(H,18,19). The molecule has 0 saturated heterocycles. The van der Waals surface area contributed by atoms with Crippen molar-refractivity contribution in [1.82, 2.24) is 4.98 Å². The van der Waals surface area contributed by atoms with E-state index in [1.165, 1.54) is 4.90 Å². The van der Waals surface area contributed by atoms with Crippen LogP contribution in [0.25, 0.3) is 11.3 Å². The number of nitrogens with one attached hydrogen (secondary N) is 1. The van der Waals surface area contributed by atoms with E-state index in [9.17, 15) is 0 Å². The molecule has 0 unspecified atom stereocenters. The maximum Gasteiger partial charge on any atom is 0.187 e. The van der Waals surface area contributed by atoms with Crippen molar-refractivity contribution in [1.29, 1.82) is 0 Å². The minimum Gasteiger partial charge on any atom is -0.332 e. The number of nitrogens with zero attached hydrogens (tertiary/aromatic N) is 1. The van der Waals surface area contributed by atoms with E-state index in [1.807, 2.05) is 29.6 Å². The zero-order valence-corrected chi connectivity index (χ0v) is 13.7. The summed E-state index contributed by atoms with van der Waals surface area (Å²) >= 11 is 9.23. The first-order chi connectivity index (χ1) is 10.2. The van der Waals surface area contributed by atoms with Crippen molar-refractivity contribution in [2.24, 2.45) is 0 Å². The molecule has 0 fully saturated rings. The number of thioether (sulfide) groups is 1. The second-order valence-corrected chi connectivity index (χ2v) is 6.57. The van der Waals surface area contributed by atoms with Gasteiger partial charge in [-0.05, 0) is 42.7 Å². The highest BCUT2D eigenvalue weighted by Gasteiger charge is 2.05. The summed E-state index contributed by atoms with van der Waals surface area (Å²) in [6.45, 7) is 0. The van der Waals surface area contributed by atoms with E-state index in [-0.39, 0.29) is 0 Å². The monoisotopic (exact) mass is 332 g/mol. The van der Waals surface area contributed by atoms with Crippen molar-refractivity contribution in [3.8, 4) is 11.3 Å². The average molecular weight is 333 g/mol. The third-order valence-electron chi connectivity index (χ3n) is 2.99. The molecule has 0 saturated carbocycles. The predicted octanol–water partition coefficient (Wildman–Crippen LogP) is 5.93. The van der Waals surface area contributed by atoms with Crippen molar-refractivity contribution < 1.29 is 0 Å². The molecule has 1 aromatic heterocycles. The molecule has 0 radical (unpaired) electrons. The zero-order chi connectivity index (χ0) is 14.7. The fourth-order valence-electron chi connectivity index (χ4n) is 1.88. The molecule has 0 aliphatic carbocycles. The van der Waals surface area contributed by atoms with Crippen LogP contribution in [0.15, 0.2) is 58.8 Å². The Bertz CT molecular complexity index is 721. The van der Waals surface area contributed by atoms with Crippen LogP contribution in [-0.2, 0) is 0 Å². The van der Waals surface area contributed by atoms with Crippen molar-refractivity contribution in [2.75, 3.05) is 11.6 Å². The van der Waals surface area contributed by atoms with E-state index >= 15 is 0 Å². The normalized spacial score (nSPS) is 10.6. The summed E-state index contributed by atoms with van der Waals surface area (Å²) in [5.74, 6) is 0. The van der Waals surface area contributed by atoms with Crippen molar-refractivity contribution in [3.05, 3.63) is 58.9 Å². The predicted molar refractivity (Wildman–Crippen MR) is 94.1 cm³/mol. The molecule has 2 nitrogen and oxygen atoms in total. The second-order valence-electron chi connectivity index (χ2n) is 4.40. The molecule has 1 N–H and O–H groups in total. The first-order valence-corrected chi connectivity index (χ1v) is 8.85. The maximum absolute atomic E-state index is 5.90. The summed E-state index contributed by atoms with van der Waals surface area (Å²) in [5.41, 5.74) is 3.08. The van der Waals surface area contributed by atoms with E-state index in [2.05, 4.69) is 40.8 Å². The Balaban J connectivity index is 1.76. The zero-order valence-electron chi connectivity index (χ0n) is 11.3. The molecule has 0 aliphatic heterocycles. The average Bonchev–Trinajstić information content (AvgIpc) is 2.97. The highest BCUT2D eigenvalue weighted by atomic mass is 35.5. The van der Waals surface area contributed by atoms with E-state index in [1.54, 1.807) is 23.1 Å². The largest absolute Gasteiger partial charge is 0.332 e. The Morgan fingerprint density at radius 2 is 1.76 bits per heavy atom. The summed E-state index contributed by atoms with van der Waals surface area (Å²) < 4.78 is 0. The number of halogens is 1. The first-order valence-electron chi connectivity index (χ1n) is 6.37. The fourth-order valence-corrected chi connectivity index (χ4v) is 3.16. The Morgan fingerprint density at radius 3 is 2.43 bits per heavy atom. The van der Waals surface area contributed by atoms with E-state index in [4.69, 9.17) is 11.6 Å². The number of benzene rings is 2. The van der Waals surface area contributed by atoms with Gasteiger partial charge in [0.1, 0.15) is 0 Å². The second kappa shape index (κ2) is 6.52. The Kier molecular flexibility index (Phi) is 4.48. The van der Waals surface area contributed by atoms with Gasteiger partial charge in [0, 0.05) is 26.5 Å². The topological polar surface area (TPSA) is 24.9 Å². The number of thiazole rings is 1. The molecule has 0 amide bonds. The molecule has 106 valence electrons. The van der Waals surface area contributed by atoms with Gasteiger partial charge >= 0.3 is 0 Å². The highest BCUT2D eigenvalue weighted by Crippen LogP contribution is 2.28. The quantitative estimate of drug-likeness (QED) is 0.599. The van der Waals surface area contributed by atoms with Gasteiger partial charge < -0.3 is 5.32 Å². The van der Waals surface area contributed by atoms with E-state index in [0.29, 0.717) is 0 Å². The molecule has 3 rings (SSSR count). The van der Waals surface area contributed by atoms with Crippen molar-refractivity contribution >= 4 is 45.5 Å². The van der Waals surface area contributed by atoms with Gasteiger partial charge in [0.05, 0.1) is 5.69 Å².